The molecule has 1 rings (SSSR count). The van der Waals surface area contributed by atoms with Crippen molar-refractivity contribution in [2.75, 3.05) is 33.7 Å². The molecule has 0 aromatic heterocycles. The van der Waals surface area contributed by atoms with Gasteiger partial charge in [-0.1, -0.05) is 13.3 Å². The SMILES string of the molecule is CCCN(C)CC1CCCCN1C. The predicted octanol–water partition coefficient (Wildman–Crippen LogP) is 1.81. The van der Waals surface area contributed by atoms with Gasteiger partial charge in [-0.25, -0.2) is 0 Å². The molecule has 2 heteroatoms. The highest BCUT2D eigenvalue weighted by Crippen LogP contribution is 2.15. The van der Waals surface area contributed by atoms with Crippen molar-refractivity contribution in [2.24, 2.45) is 0 Å². The molecule has 2 nitrogen and oxygen atoms in total. The molecule has 0 amide bonds. The molecular formula is C11H24N2. The number of piperidine rings is 1. The normalized spacial score (nSPS) is 25.4. The summed E-state index contributed by atoms with van der Waals surface area (Å²) in [6.45, 7) is 6.04. The monoisotopic (exact) mass is 184 g/mol. The van der Waals surface area contributed by atoms with Crippen molar-refractivity contribution in [3.63, 3.8) is 0 Å². The lowest BCUT2D eigenvalue weighted by atomic mass is 10.0. The van der Waals surface area contributed by atoms with Crippen molar-refractivity contribution in [3.05, 3.63) is 0 Å². The average Bonchev–Trinajstić information content (AvgIpc) is 2.09. The molecule has 1 aliphatic heterocycles. The second-order valence-electron chi connectivity index (χ2n) is 4.39. The maximum absolute atomic E-state index is 2.52. The molecule has 1 saturated heterocycles. The summed E-state index contributed by atoms with van der Waals surface area (Å²) in [6, 6.07) is 0.810. The molecule has 0 radical (unpaired) electrons. The van der Waals surface area contributed by atoms with E-state index in [1.165, 1.54) is 45.3 Å². The summed E-state index contributed by atoms with van der Waals surface area (Å²) in [5.41, 5.74) is 0. The van der Waals surface area contributed by atoms with E-state index < -0.39 is 0 Å². The summed E-state index contributed by atoms with van der Waals surface area (Å²) in [7, 11) is 4.51. The number of hydrogen-bond donors (Lipinski definition) is 0. The van der Waals surface area contributed by atoms with Crippen molar-refractivity contribution in [3.8, 4) is 0 Å². The largest absolute Gasteiger partial charge is 0.305 e. The molecule has 0 saturated carbocycles. The maximum Gasteiger partial charge on any atom is 0.0220 e. The van der Waals surface area contributed by atoms with Crippen molar-refractivity contribution < 1.29 is 0 Å². The molecule has 1 fully saturated rings. The molecule has 1 atom stereocenters. The topological polar surface area (TPSA) is 6.48 Å². The minimum Gasteiger partial charge on any atom is -0.305 e. The van der Waals surface area contributed by atoms with E-state index in [2.05, 4.69) is 30.8 Å². The van der Waals surface area contributed by atoms with Crippen molar-refractivity contribution >= 4 is 0 Å². The standard InChI is InChI=1S/C11H24N2/c1-4-8-12(2)10-11-7-5-6-9-13(11)3/h11H,4-10H2,1-3H3. The highest BCUT2D eigenvalue weighted by atomic mass is 15.2. The van der Waals surface area contributed by atoms with Crippen molar-refractivity contribution in [1.82, 2.24) is 9.80 Å². The molecule has 0 aromatic rings. The minimum absolute atomic E-state index is 0.810. The van der Waals surface area contributed by atoms with Crippen LogP contribution >= 0.6 is 0 Å². The first-order chi connectivity index (χ1) is 6.24. The summed E-state index contributed by atoms with van der Waals surface area (Å²) >= 11 is 0. The molecule has 0 N–H and O–H groups in total. The molecule has 78 valence electrons. The van der Waals surface area contributed by atoms with Crippen LogP contribution in [0.3, 0.4) is 0 Å². The summed E-state index contributed by atoms with van der Waals surface area (Å²) < 4.78 is 0. The van der Waals surface area contributed by atoms with E-state index in [1.807, 2.05) is 0 Å². The van der Waals surface area contributed by atoms with Crippen LogP contribution in [0.15, 0.2) is 0 Å². The molecule has 0 bridgehead atoms. The Morgan fingerprint density at radius 3 is 2.77 bits per heavy atom. The summed E-state index contributed by atoms with van der Waals surface area (Å²) in [4.78, 5) is 4.99. The van der Waals surface area contributed by atoms with Crippen LogP contribution in [-0.2, 0) is 0 Å². The van der Waals surface area contributed by atoms with Gasteiger partial charge in [0.2, 0.25) is 0 Å². The second-order valence-corrected chi connectivity index (χ2v) is 4.39. The first-order valence-electron chi connectivity index (χ1n) is 5.62. The lowest BCUT2D eigenvalue weighted by Crippen LogP contribution is -2.43. The van der Waals surface area contributed by atoms with Gasteiger partial charge >= 0.3 is 0 Å². The van der Waals surface area contributed by atoms with Crippen LogP contribution in [0.4, 0.5) is 0 Å². The zero-order valence-corrected chi connectivity index (χ0v) is 9.42. The molecule has 0 aliphatic carbocycles. The van der Waals surface area contributed by atoms with Crippen LogP contribution < -0.4 is 0 Å². The number of rotatable bonds is 4. The Hall–Kier alpha value is -0.0800. The fraction of sp³-hybridized carbons (Fsp3) is 1.00. The van der Waals surface area contributed by atoms with Gasteiger partial charge in [-0.05, 0) is 46.4 Å². The Balaban J connectivity index is 2.25. The zero-order valence-electron chi connectivity index (χ0n) is 9.42. The van der Waals surface area contributed by atoms with Crippen LogP contribution in [0.25, 0.3) is 0 Å². The van der Waals surface area contributed by atoms with Crippen molar-refractivity contribution in [1.29, 1.82) is 0 Å². The van der Waals surface area contributed by atoms with E-state index in [1.54, 1.807) is 0 Å². The first-order valence-corrected chi connectivity index (χ1v) is 5.62. The van der Waals surface area contributed by atoms with Gasteiger partial charge in [0.25, 0.3) is 0 Å². The number of hydrogen-bond acceptors (Lipinski definition) is 2. The fourth-order valence-corrected chi connectivity index (χ4v) is 2.21. The third-order valence-corrected chi connectivity index (χ3v) is 3.05. The zero-order chi connectivity index (χ0) is 9.68. The average molecular weight is 184 g/mol. The smallest absolute Gasteiger partial charge is 0.0220 e. The van der Waals surface area contributed by atoms with Gasteiger partial charge in [0.1, 0.15) is 0 Å². The van der Waals surface area contributed by atoms with Crippen LogP contribution in [0, 0.1) is 0 Å². The summed E-state index contributed by atoms with van der Waals surface area (Å²) in [5, 5.41) is 0. The Bertz CT molecular complexity index is 136. The molecule has 1 aliphatic rings. The first kappa shape index (κ1) is 11.0. The summed E-state index contributed by atoms with van der Waals surface area (Å²) in [6.07, 6.45) is 5.48. The number of likely N-dealkylation sites (N-methyl/N-ethyl adjacent to an activating group) is 2. The van der Waals surface area contributed by atoms with E-state index in [4.69, 9.17) is 0 Å². The molecule has 13 heavy (non-hydrogen) atoms. The van der Waals surface area contributed by atoms with Gasteiger partial charge < -0.3 is 9.80 Å². The van der Waals surface area contributed by atoms with E-state index in [9.17, 15) is 0 Å². The Labute approximate surface area is 82.9 Å². The molecule has 1 unspecified atom stereocenters. The highest BCUT2D eigenvalue weighted by Gasteiger charge is 2.19. The Morgan fingerprint density at radius 1 is 1.38 bits per heavy atom. The Morgan fingerprint density at radius 2 is 2.15 bits per heavy atom. The second kappa shape index (κ2) is 5.61. The lowest BCUT2D eigenvalue weighted by Gasteiger charge is -2.35. The van der Waals surface area contributed by atoms with Crippen molar-refractivity contribution in [2.45, 2.75) is 38.6 Å². The molecule has 0 spiro atoms. The van der Waals surface area contributed by atoms with Gasteiger partial charge in [0, 0.05) is 12.6 Å². The molecule has 1 heterocycles. The highest BCUT2D eigenvalue weighted by molar-refractivity contribution is 4.76. The van der Waals surface area contributed by atoms with Gasteiger partial charge in [0.15, 0.2) is 0 Å². The summed E-state index contributed by atoms with van der Waals surface area (Å²) in [5.74, 6) is 0. The number of nitrogens with zero attached hydrogens (tertiary/aromatic N) is 2. The van der Waals surface area contributed by atoms with E-state index in [-0.39, 0.29) is 0 Å². The van der Waals surface area contributed by atoms with Gasteiger partial charge in [-0.3, -0.25) is 0 Å². The van der Waals surface area contributed by atoms with E-state index in [0.29, 0.717) is 0 Å². The predicted molar refractivity (Wildman–Crippen MR) is 58.1 cm³/mol. The van der Waals surface area contributed by atoms with E-state index in [0.717, 1.165) is 6.04 Å². The van der Waals surface area contributed by atoms with Gasteiger partial charge in [0.05, 0.1) is 0 Å². The molecule has 0 aromatic carbocycles. The van der Waals surface area contributed by atoms with Crippen LogP contribution in [-0.4, -0.2) is 49.6 Å². The molecular weight excluding hydrogens is 160 g/mol. The van der Waals surface area contributed by atoms with Crippen LogP contribution in [0.1, 0.15) is 32.6 Å². The van der Waals surface area contributed by atoms with E-state index >= 15 is 0 Å². The van der Waals surface area contributed by atoms with Crippen LogP contribution in [0.2, 0.25) is 0 Å². The van der Waals surface area contributed by atoms with Crippen LogP contribution in [0.5, 0.6) is 0 Å². The minimum atomic E-state index is 0.810. The Kier molecular flexibility index (Phi) is 4.74. The third-order valence-electron chi connectivity index (χ3n) is 3.05. The third kappa shape index (κ3) is 3.65. The van der Waals surface area contributed by atoms with Gasteiger partial charge in [-0.15, -0.1) is 0 Å². The number of likely N-dealkylation sites (tertiary alicyclic amines) is 1. The fourth-order valence-electron chi connectivity index (χ4n) is 2.21. The lowest BCUT2D eigenvalue weighted by molar-refractivity contribution is 0.141. The quantitative estimate of drug-likeness (QED) is 0.657. The maximum atomic E-state index is 2.52. The van der Waals surface area contributed by atoms with Gasteiger partial charge in [-0.2, -0.15) is 0 Å².